The zero-order valence-electron chi connectivity index (χ0n) is 9.71. The minimum absolute atomic E-state index is 0.506. The summed E-state index contributed by atoms with van der Waals surface area (Å²) in [5.41, 5.74) is 2.91. The van der Waals surface area contributed by atoms with Crippen LogP contribution in [0.4, 0.5) is 0 Å². The fourth-order valence-electron chi connectivity index (χ4n) is 1.64. The lowest BCUT2D eigenvalue weighted by atomic mass is 10.0. The van der Waals surface area contributed by atoms with E-state index < -0.39 is 0 Å². The maximum absolute atomic E-state index is 10.6. The topological polar surface area (TPSA) is 40.9 Å². The highest BCUT2D eigenvalue weighted by atomic mass is 16.1. The van der Waals surface area contributed by atoms with E-state index in [1.54, 1.807) is 18.2 Å². The summed E-state index contributed by atoms with van der Waals surface area (Å²) >= 11 is 0. The second-order valence-corrected chi connectivity index (χ2v) is 3.82. The minimum atomic E-state index is 0.506. The van der Waals surface area contributed by atoms with Crippen LogP contribution < -0.4 is 0 Å². The summed E-state index contributed by atoms with van der Waals surface area (Å²) in [5, 5.41) is 9.04. The van der Waals surface area contributed by atoms with E-state index in [0.29, 0.717) is 11.1 Å². The number of hydrogen-bond donors (Lipinski definition) is 0. The van der Waals surface area contributed by atoms with Gasteiger partial charge in [-0.1, -0.05) is 54.6 Å². The van der Waals surface area contributed by atoms with E-state index in [1.165, 1.54) is 0 Å². The Morgan fingerprint density at radius 1 is 0.944 bits per heavy atom. The standard InChI is InChI=1S/C16H11NO/c17-11-16-10-14(12-18)7-9-15(16)8-6-13-4-2-1-3-5-13/h1-10,12H. The molecule has 0 aliphatic carbocycles. The van der Waals surface area contributed by atoms with Crippen molar-refractivity contribution in [1.82, 2.24) is 0 Å². The van der Waals surface area contributed by atoms with Crippen LogP contribution >= 0.6 is 0 Å². The van der Waals surface area contributed by atoms with Crippen molar-refractivity contribution >= 4 is 18.4 Å². The van der Waals surface area contributed by atoms with Gasteiger partial charge in [-0.25, -0.2) is 0 Å². The first kappa shape index (κ1) is 11.8. The summed E-state index contributed by atoms with van der Waals surface area (Å²) in [6.07, 6.45) is 4.56. The molecule has 0 aliphatic rings. The number of hydrogen-bond acceptors (Lipinski definition) is 2. The molecule has 0 heterocycles. The first-order chi connectivity index (χ1) is 8.83. The van der Waals surface area contributed by atoms with E-state index >= 15 is 0 Å². The Bertz CT molecular complexity index is 621. The molecule has 0 saturated heterocycles. The second kappa shape index (κ2) is 5.60. The highest BCUT2D eigenvalue weighted by molar-refractivity contribution is 5.79. The van der Waals surface area contributed by atoms with Crippen molar-refractivity contribution in [2.45, 2.75) is 0 Å². The molecule has 0 atom stereocenters. The number of carbonyl (C=O) groups is 1. The van der Waals surface area contributed by atoms with Crippen molar-refractivity contribution < 1.29 is 4.79 Å². The predicted molar refractivity (Wildman–Crippen MR) is 71.9 cm³/mol. The largest absolute Gasteiger partial charge is 0.298 e. The van der Waals surface area contributed by atoms with Crippen molar-refractivity contribution in [2.24, 2.45) is 0 Å². The Hall–Kier alpha value is -2.66. The maximum Gasteiger partial charge on any atom is 0.150 e. The fourth-order valence-corrected chi connectivity index (χ4v) is 1.64. The first-order valence-corrected chi connectivity index (χ1v) is 5.56. The van der Waals surface area contributed by atoms with Crippen molar-refractivity contribution in [1.29, 1.82) is 5.26 Å². The third kappa shape index (κ3) is 2.72. The molecule has 0 fully saturated rings. The summed E-state index contributed by atoms with van der Waals surface area (Å²) < 4.78 is 0. The zero-order chi connectivity index (χ0) is 12.8. The summed E-state index contributed by atoms with van der Waals surface area (Å²) in [6, 6.07) is 17.0. The fraction of sp³-hybridized carbons (Fsp3) is 0. The number of rotatable bonds is 3. The van der Waals surface area contributed by atoms with Gasteiger partial charge in [0, 0.05) is 5.56 Å². The molecule has 0 aromatic heterocycles. The Kier molecular flexibility index (Phi) is 3.68. The van der Waals surface area contributed by atoms with Crippen molar-refractivity contribution in [3.8, 4) is 6.07 Å². The normalized spacial score (nSPS) is 10.2. The van der Waals surface area contributed by atoms with Gasteiger partial charge >= 0.3 is 0 Å². The molecule has 2 nitrogen and oxygen atoms in total. The van der Waals surface area contributed by atoms with Crippen molar-refractivity contribution in [2.75, 3.05) is 0 Å². The molecule has 0 saturated carbocycles. The molecule has 2 rings (SSSR count). The molecule has 2 aromatic rings. The highest BCUT2D eigenvalue weighted by Gasteiger charge is 2.00. The number of nitriles is 1. The molecule has 0 spiro atoms. The Labute approximate surface area is 106 Å². The molecule has 2 aromatic carbocycles. The summed E-state index contributed by atoms with van der Waals surface area (Å²) in [4.78, 5) is 10.6. The quantitative estimate of drug-likeness (QED) is 0.601. The van der Waals surface area contributed by atoms with E-state index in [-0.39, 0.29) is 0 Å². The van der Waals surface area contributed by atoms with E-state index in [9.17, 15) is 4.79 Å². The Morgan fingerprint density at radius 2 is 1.72 bits per heavy atom. The molecule has 0 N–H and O–H groups in total. The van der Waals surface area contributed by atoms with Gasteiger partial charge in [0.2, 0.25) is 0 Å². The van der Waals surface area contributed by atoms with Crippen molar-refractivity contribution in [3.63, 3.8) is 0 Å². The van der Waals surface area contributed by atoms with Gasteiger partial charge in [0.25, 0.3) is 0 Å². The van der Waals surface area contributed by atoms with Gasteiger partial charge in [-0.2, -0.15) is 5.26 Å². The average molecular weight is 233 g/mol. The smallest absolute Gasteiger partial charge is 0.150 e. The van der Waals surface area contributed by atoms with Crippen LogP contribution in [0.5, 0.6) is 0 Å². The van der Waals surface area contributed by atoms with Gasteiger partial charge in [0.15, 0.2) is 0 Å². The van der Waals surface area contributed by atoms with Crippen LogP contribution in [0.1, 0.15) is 27.0 Å². The molecule has 2 heteroatoms. The highest BCUT2D eigenvalue weighted by Crippen LogP contribution is 2.14. The zero-order valence-corrected chi connectivity index (χ0v) is 9.71. The van der Waals surface area contributed by atoms with Crippen LogP contribution in [0.15, 0.2) is 48.5 Å². The van der Waals surface area contributed by atoms with Crippen LogP contribution in [0.25, 0.3) is 12.2 Å². The lowest BCUT2D eigenvalue weighted by Gasteiger charge is -1.99. The van der Waals surface area contributed by atoms with Crippen LogP contribution in [0.3, 0.4) is 0 Å². The maximum atomic E-state index is 10.6. The molecule has 0 unspecified atom stereocenters. The van der Waals surface area contributed by atoms with Crippen LogP contribution in [-0.4, -0.2) is 6.29 Å². The third-order valence-electron chi connectivity index (χ3n) is 2.59. The Balaban J connectivity index is 2.32. The molecule has 0 radical (unpaired) electrons. The molecular formula is C16H11NO. The van der Waals surface area contributed by atoms with Crippen LogP contribution in [0.2, 0.25) is 0 Å². The lowest BCUT2D eigenvalue weighted by molar-refractivity contribution is 0.112. The molecule has 18 heavy (non-hydrogen) atoms. The van der Waals surface area contributed by atoms with Gasteiger partial charge < -0.3 is 0 Å². The summed E-state index contributed by atoms with van der Waals surface area (Å²) in [7, 11) is 0. The average Bonchev–Trinajstić information content (AvgIpc) is 2.46. The molecular weight excluding hydrogens is 222 g/mol. The van der Waals surface area contributed by atoms with Crippen LogP contribution in [-0.2, 0) is 0 Å². The number of nitrogens with zero attached hydrogens (tertiary/aromatic N) is 1. The minimum Gasteiger partial charge on any atom is -0.298 e. The van der Waals surface area contributed by atoms with Gasteiger partial charge in [-0.15, -0.1) is 0 Å². The van der Waals surface area contributed by atoms with Crippen LogP contribution in [0, 0.1) is 11.3 Å². The van der Waals surface area contributed by atoms with E-state index in [4.69, 9.17) is 5.26 Å². The molecule has 0 amide bonds. The monoisotopic (exact) mass is 233 g/mol. The summed E-state index contributed by atoms with van der Waals surface area (Å²) in [6.45, 7) is 0. The van der Waals surface area contributed by atoms with E-state index in [0.717, 1.165) is 17.4 Å². The SMILES string of the molecule is N#Cc1cc(C=O)ccc1C=Cc1ccccc1. The van der Waals surface area contributed by atoms with Gasteiger partial charge in [-0.05, 0) is 17.2 Å². The number of benzene rings is 2. The number of carbonyl (C=O) groups excluding carboxylic acids is 1. The first-order valence-electron chi connectivity index (χ1n) is 5.56. The van der Waals surface area contributed by atoms with E-state index in [2.05, 4.69) is 6.07 Å². The lowest BCUT2D eigenvalue weighted by Crippen LogP contribution is -1.86. The number of aldehydes is 1. The van der Waals surface area contributed by atoms with E-state index in [1.807, 2.05) is 42.5 Å². The van der Waals surface area contributed by atoms with Crippen molar-refractivity contribution in [3.05, 3.63) is 70.8 Å². The van der Waals surface area contributed by atoms with Gasteiger partial charge in [0.05, 0.1) is 11.6 Å². The Morgan fingerprint density at radius 3 is 2.39 bits per heavy atom. The van der Waals surface area contributed by atoms with Gasteiger partial charge in [0.1, 0.15) is 6.29 Å². The second-order valence-electron chi connectivity index (χ2n) is 3.82. The molecule has 86 valence electrons. The van der Waals surface area contributed by atoms with Gasteiger partial charge in [-0.3, -0.25) is 4.79 Å². The summed E-state index contributed by atoms with van der Waals surface area (Å²) in [5.74, 6) is 0. The molecule has 0 aliphatic heterocycles. The predicted octanol–water partition coefficient (Wildman–Crippen LogP) is 3.54. The third-order valence-corrected chi connectivity index (χ3v) is 2.59. The molecule has 0 bridgehead atoms.